The molecule has 0 saturated carbocycles. The molecule has 68 valence electrons. The molecule has 0 unspecified atom stereocenters. The van der Waals surface area contributed by atoms with Crippen LogP contribution in [0.3, 0.4) is 0 Å². The quantitative estimate of drug-likeness (QED) is 0.690. The summed E-state index contributed by atoms with van der Waals surface area (Å²) in [5, 5.41) is 7.60. The third-order valence-electron chi connectivity index (χ3n) is 1.74. The van der Waals surface area contributed by atoms with Crippen molar-refractivity contribution < 1.29 is 4.42 Å². The second kappa shape index (κ2) is 2.86. The number of rotatable bonds is 1. The summed E-state index contributed by atoms with van der Waals surface area (Å²) in [4.78, 5) is 0. The van der Waals surface area contributed by atoms with E-state index in [1.807, 2.05) is 20.8 Å². The molecule has 0 bridgehead atoms. The van der Waals surface area contributed by atoms with Gasteiger partial charge in [-0.25, -0.2) is 0 Å². The number of aromatic nitrogens is 2. The van der Waals surface area contributed by atoms with Gasteiger partial charge in [-0.15, -0.1) is 10.2 Å². The lowest BCUT2D eigenvalue weighted by Crippen LogP contribution is -2.26. The average molecular weight is 169 g/mol. The Morgan fingerprint density at radius 3 is 2.25 bits per heavy atom. The summed E-state index contributed by atoms with van der Waals surface area (Å²) >= 11 is 0. The Bertz CT molecular complexity index is 262. The molecule has 4 heteroatoms. The van der Waals surface area contributed by atoms with Crippen molar-refractivity contribution in [3.05, 3.63) is 11.8 Å². The Labute approximate surface area is 72.2 Å². The molecule has 1 atom stereocenters. The van der Waals surface area contributed by atoms with E-state index in [4.69, 9.17) is 10.2 Å². The smallest absolute Gasteiger partial charge is 0.233 e. The molecule has 4 nitrogen and oxygen atoms in total. The lowest BCUT2D eigenvalue weighted by molar-refractivity contribution is 0.274. The first kappa shape index (κ1) is 9.19. The van der Waals surface area contributed by atoms with Gasteiger partial charge in [-0.05, 0) is 5.41 Å². The summed E-state index contributed by atoms with van der Waals surface area (Å²) in [5.41, 5.74) is 5.85. The van der Waals surface area contributed by atoms with Gasteiger partial charge < -0.3 is 10.2 Å². The van der Waals surface area contributed by atoms with E-state index in [0.29, 0.717) is 11.8 Å². The van der Waals surface area contributed by atoms with Gasteiger partial charge in [0.15, 0.2) is 0 Å². The molecule has 0 radical (unpaired) electrons. The van der Waals surface area contributed by atoms with E-state index in [9.17, 15) is 0 Å². The van der Waals surface area contributed by atoms with Gasteiger partial charge in [0.2, 0.25) is 11.8 Å². The van der Waals surface area contributed by atoms with Gasteiger partial charge in [0.05, 0.1) is 6.04 Å². The number of hydrogen-bond donors (Lipinski definition) is 1. The first-order valence-corrected chi connectivity index (χ1v) is 3.97. The zero-order valence-corrected chi connectivity index (χ0v) is 7.96. The van der Waals surface area contributed by atoms with Crippen LogP contribution in [0.5, 0.6) is 0 Å². The van der Waals surface area contributed by atoms with E-state index in [1.165, 1.54) is 0 Å². The lowest BCUT2D eigenvalue weighted by Gasteiger charge is -2.23. The van der Waals surface area contributed by atoms with Gasteiger partial charge in [-0.1, -0.05) is 20.8 Å². The van der Waals surface area contributed by atoms with E-state index in [0.717, 1.165) is 0 Å². The molecule has 0 amide bonds. The molecule has 1 aromatic heterocycles. The molecule has 0 spiro atoms. The number of aryl methyl sites for hydroxylation is 1. The van der Waals surface area contributed by atoms with Gasteiger partial charge in [0, 0.05) is 6.92 Å². The number of nitrogens with zero attached hydrogens (tertiary/aromatic N) is 2. The van der Waals surface area contributed by atoms with E-state index in [2.05, 4.69) is 10.2 Å². The van der Waals surface area contributed by atoms with E-state index in [1.54, 1.807) is 6.92 Å². The summed E-state index contributed by atoms with van der Waals surface area (Å²) in [6, 6.07) is -0.196. The van der Waals surface area contributed by atoms with E-state index in [-0.39, 0.29) is 11.5 Å². The summed E-state index contributed by atoms with van der Waals surface area (Å²) < 4.78 is 5.22. The molecule has 12 heavy (non-hydrogen) atoms. The van der Waals surface area contributed by atoms with Crippen LogP contribution in [0.25, 0.3) is 0 Å². The molecule has 0 aromatic carbocycles. The minimum absolute atomic E-state index is 0.0427. The van der Waals surface area contributed by atoms with Gasteiger partial charge in [0.25, 0.3) is 0 Å². The predicted octanol–water partition coefficient (Wildman–Crippen LogP) is 1.42. The minimum Gasteiger partial charge on any atom is -0.424 e. The van der Waals surface area contributed by atoms with Crippen LogP contribution in [0.15, 0.2) is 4.42 Å². The van der Waals surface area contributed by atoms with Gasteiger partial charge in [0.1, 0.15) is 0 Å². The zero-order valence-electron chi connectivity index (χ0n) is 7.96. The SMILES string of the molecule is Cc1nnc([C@H](N)C(C)(C)C)o1. The van der Waals surface area contributed by atoms with Gasteiger partial charge in [-0.2, -0.15) is 0 Å². The normalized spacial score (nSPS) is 14.8. The molecular formula is C8H15N3O. The first-order valence-electron chi connectivity index (χ1n) is 3.97. The van der Waals surface area contributed by atoms with Gasteiger partial charge in [-0.3, -0.25) is 0 Å². The van der Waals surface area contributed by atoms with Crippen LogP contribution in [0, 0.1) is 12.3 Å². The molecule has 1 heterocycles. The largest absolute Gasteiger partial charge is 0.424 e. The van der Waals surface area contributed by atoms with Crippen molar-refractivity contribution in [1.29, 1.82) is 0 Å². The highest BCUT2D eigenvalue weighted by atomic mass is 16.4. The summed E-state index contributed by atoms with van der Waals surface area (Å²) in [5.74, 6) is 1.07. The van der Waals surface area contributed by atoms with Crippen molar-refractivity contribution in [2.24, 2.45) is 11.1 Å². The number of nitrogens with two attached hydrogens (primary N) is 1. The highest BCUT2D eigenvalue weighted by Crippen LogP contribution is 2.29. The van der Waals surface area contributed by atoms with Crippen LogP contribution in [-0.4, -0.2) is 10.2 Å². The molecule has 0 aliphatic carbocycles. The fraction of sp³-hybridized carbons (Fsp3) is 0.750. The third-order valence-corrected chi connectivity index (χ3v) is 1.74. The molecule has 1 rings (SSSR count). The second-order valence-electron chi connectivity index (χ2n) is 4.00. The highest BCUT2D eigenvalue weighted by molar-refractivity contribution is 4.93. The minimum atomic E-state index is -0.196. The maximum absolute atomic E-state index is 5.89. The van der Waals surface area contributed by atoms with Crippen molar-refractivity contribution in [3.8, 4) is 0 Å². The van der Waals surface area contributed by atoms with Crippen LogP contribution in [0.4, 0.5) is 0 Å². The van der Waals surface area contributed by atoms with E-state index < -0.39 is 0 Å². The Morgan fingerprint density at radius 1 is 1.33 bits per heavy atom. The fourth-order valence-corrected chi connectivity index (χ4v) is 0.808. The Balaban J connectivity index is 2.85. The van der Waals surface area contributed by atoms with Crippen LogP contribution in [-0.2, 0) is 0 Å². The molecule has 0 fully saturated rings. The summed E-state index contributed by atoms with van der Waals surface area (Å²) in [7, 11) is 0. The van der Waals surface area contributed by atoms with Crippen molar-refractivity contribution in [2.75, 3.05) is 0 Å². The van der Waals surface area contributed by atoms with Crippen molar-refractivity contribution >= 4 is 0 Å². The average Bonchev–Trinajstić information content (AvgIpc) is 2.32. The maximum atomic E-state index is 5.89. The highest BCUT2D eigenvalue weighted by Gasteiger charge is 2.26. The monoisotopic (exact) mass is 169 g/mol. The molecule has 0 saturated heterocycles. The Kier molecular flexibility index (Phi) is 2.19. The Hall–Kier alpha value is -0.900. The second-order valence-corrected chi connectivity index (χ2v) is 4.00. The topological polar surface area (TPSA) is 64.9 Å². The van der Waals surface area contributed by atoms with Crippen LogP contribution in [0.2, 0.25) is 0 Å². The standard InChI is InChI=1S/C8H15N3O/c1-5-10-11-7(12-5)6(9)8(2,3)4/h6H,9H2,1-4H3/t6-/m0/s1. The summed E-state index contributed by atoms with van der Waals surface area (Å²) in [6.07, 6.45) is 0. The van der Waals surface area contributed by atoms with Crippen LogP contribution in [0.1, 0.15) is 38.6 Å². The molecule has 1 aromatic rings. The zero-order chi connectivity index (χ0) is 9.35. The summed E-state index contributed by atoms with van der Waals surface area (Å²) in [6.45, 7) is 7.87. The molecular weight excluding hydrogens is 154 g/mol. The van der Waals surface area contributed by atoms with Crippen LogP contribution >= 0.6 is 0 Å². The van der Waals surface area contributed by atoms with Crippen molar-refractivity contribution in [1.82, 2.24) is 10.2 Å². The van der Waals surface area contributed by atoms with Crippen molar-refractivity contribution in [2.45, 2.75) is 33.7 Å². The predicted molar refractivity (Wildman–Crippen MR) is 45.4 cm³/mol. The van der Waals surface area contributed by atoms with E-state index >= 15 is 0 Å². The number of hydrogen-bond acceptors (Lipinski definition) is 4. The molecule has 2 N–H and O–H groups in total. The fourth-order valence-electron chi connectivity index (χ4n) is 0.808. The van der Waals surface area contributed by atoms with Gasteiger partial charge >= 0.3 is 0 Å². The third kappa shape index (κ3) is 1.82. The molecule has 0 aliphatic heterocycles. The van der Waals surface area contributed by atoms with Crippen molar-refractivity contribution in [3.63, 3.8) is 0 Å². The maximum Gasteiger partial charge on any atom is 0.233 e. The Morgan fingerprint density at radius 2 is 1.92 bits per heavy atom. The lowest BCUT2D eigenvalue weighted by atomic mass is 9.87. The molecule has 0 aliphatic rings. The first-order chi connectivity index (χ1) is 5.41. The van der Waals surface area contributed by atoms with Crippen LogP contribution < -0.4 is 5.73 Å².